The number of ether oxygens (including phenoxy) is 1. The van der Waals surface area contributed by atoms with Gasteiger partial charge in [-0.25, -0.2) is 14.4 Å². The van der Waals surface area contributed by atoms with Gasteiger partial charge in [-0.15, -0.1) is 0 Å². The summed E-state index contributed by atoms with van der Waals surface area (Å²) in [4.78, 5) is 31.9. The van der Waals surface area contributed by atoms with Crippen LogP contribution in [0.25, 0.3) is 0 Å². The van der Waals surface area contributed by atoms with Crippen LogP contribution >= 0.6 is 0 Å². The molecule has 0 heterocycles. The number of rotatable bonds is 8. The number of aliphatic carboxylic acids is 1. The molecule has 0 spiro atoms. The van der Waals surface area contributed by atoms with Gasteiger partial charge in [0.2, 0.25) is 0 Å². The van der Waals surface area contributed by atoms with E-state index in [1.807, 2.05) is 0 Å². The Kier molecular flexibility index (Phi) is 8.77. The van der Waals surface area contributed by atoms with Crippen LogP contribution in [0.15, 0.2) is 0 Å². The van der Waals surface area contributed by atoms with Crippen LogP contribution in [-0.4, -0.2) is 35.6 Å². The van der Waals surface area contributed by atoms with Crippen molar-refractivity contribution in [2.24, 2.45) is 11.5 Å². The zero-order valence-electron chi connectivity index (χ0n) is 10.3. The Morgan fingerprint density at radius 1 is 1.06 bits per heavy atom. The van der Waals surface area contributed by atoms with E-state index in [0.717, 1.165) is 32.1 Å². The minimum atomic E-state index is -1.81. The van der Waals surface area contributed by atoms with E-state index in [1.165, 1.54) is 0 Å². The predicted molar refractivity (Wildman–Crippen MR) is 63.5 cm³/mol. The Bertz CT molecular complexity index is 293. The van der Waals surface area contributed by atoms with Crippen LogP contribution in [0.2, 0.25) is 0 Å². The average Bonchev–Trinajstić information content (AvgIpc) is 2.32. The van der Waals surface area contributed by atoms with Gasteiger partial charge in [0, 0.05) is 0 Å². The first-order valence-electron chi connectivity index (χ1n) is 5.93. The number of hydrogen-bond donors (Lipinski definition) is 3. The van der Waals surface area contributed by atoms with Gasteiger partial charge in [-0.3, -0.25) is 0 Å². The maximum absolute atomic E-state index is 11.2. The molecule has 0 saturated heterocycles. The van der Waals surface area contributed by atoms with Crippen LogP contribution in [0.4, 0.5) is 0 Å². The van der Waals surface area contributed by atoms with Crippen molar-refractivity contribution in [3.8, 4) is 0 Å². The van der Waals surface area contributed by atoms with Gasteiger partial charge in [0.05, 0.1) is 0 Å². The van der Waals surface area contributed by atoms with Gasteiger partial charge in [-0.1, -0.05) is 25.7 Å². The number of unbranched alkanes of at least 4 members (excludes halogenated alkanes) is 4. The maximum atomic E-state index is 11.2. The van der Waals surface area contributed by atoms with Gasteiger partial charge in [0.1, 0.15) is 6.04 Å². The first-order valence-corrected chi connectivity index (χ1v) is 5.93. The predicted octanol–water partition coefficient (Wildman–Crippen LogP) is -0.233. The summed E-state index contributed by atoms with van der Waals surface area (Å²) in [5.41, 5.74) is 10.8. The first kappa shape index (κ1) is 16.5. The van der Waals surface area contributed by atoms with Crippen molar-refractivity contribution in [3.63, 3.8) is 0 Å². The molecule has 0 bridgehead atoms. The molecule has 0 aliphatic carbocycles. The van der Waals surface area contributed by atoms with Crippen LogP contribution < -0.4 is 11.5 Å². The van der Waals surface area contributed by atoms with E-state index < -0.39 is 23.9 Å². The molecule has 0 rings (SSSR count). The second kappa shape index (κ2) is 9.55. The molecule has 0 radical (unpaired) electrons. The third kappa shape index (κ3) is 7.75. The van der Waals surface area contributed by atoms with Crippen molar-refractivity contribution >= 4 is 17.9 Å². The Hall–Kier alpha value is -1.47. The van der Waals surface area contributed by atoms with Crippen molar-refractivity contribution in [2.75, 3.05) is 6.54 Å². The highest BCUT2D eigenvalue weighted by Gasteiger charge is 2.22. The standard InChI is InChI=1S/C11H20N2O5/c12-7-5-3-1-2-4-6-8(13)10(16)18-11(17)9(14)15/h8H,1-7,12-13H2,(H,14,15). The maximum Gasteiger partial charge on any atom is 0.424 e. The highest BCUT2D eigenvalue weighted by molar-refractivity contribution is 6.30. The second-order valence-electron chi connectivity index (χ2n) is 3.97. The molecule has 0 aromatic rings. The van der Waals surface area contributed by atoms with Gasteiger partial charge in [0.25, 0.3) is 0 Å². The minimum Gasteiger partial charge on any atom is -0.473 e. The molecule has 1 unspecified atom stereocenters. The topological polar surface area (TPSA) is 133 Å². The minimum absolute atomic E-state index is 0.369. The lowest BCUT2D eigenvalue weighted by Crippen LogP contribution is -2.35. The Balaban J connectivity index is 3.68. The molecule has 7 heteroatoms. The van der Waals surface area contributed by atoms with E-state index in [1.54, 1.807) is 0 Å². The van der Waals surface area contributed by atoms with Crippen LogP contribution in [0.3, 0.4) is 0 Å². The van der Waals surface area contributed by atoms with Gasteiger partial charge in [0.15, 0.2) is 0 Å². The molecule has 0 aromatic carbocycles. The third-order valence-corrected chi connectivity index (χ3v) is 2.39. The van der Waals surface area contributed by atoms with E-state index in [-0.39, 0.29) is 0 Å². The summed E-state index contributed by atoms with van der Waals surface area (Å²) >= 11 is 0. The molecule has 1 atom stereocenters. The summed E-state index contributed by atoms with van der Waals surface area (Å²) in [7, 11) is 0. The Morgan fingerprint density at radius 3 is 2.17 bits per heavy atom. The lowest BCUT2D eigenvalue weighted by atomic mass is 10.1. The van der Waals surface area contributed by atoms with Crippen molar-refractivity contribution in [2.45, 2.75) is 44.6 Å². The highest BCUT2D eigenvalue weighted by atomic mass is 16.6. The average molecular weight is 260 g/mol. The molecule has 7 nitrogen and oxygen atoms in total. The second-order valence-corrected chi connectivity index (χ2v) is 3.97. The molecular weight excluding hydrogens is 240 g/mol. The largest absolute Gasteiger partial charge is 0.473 e. The molecular formula is C11H20N2O5. The van der Waals surface area contributed by atoms with Gasteiger partial charge >= 0.3 is 17.9 Å². The summed E-state index contributed by atoms with van der Waals surface area (Å²) in [6, 6.07) is -0.956. The Labute approximate surface area is 105 Å². The van der Waals surface area contributed by atoms with E-state index >= 15 is 0 Å². The lowest BCUT2D eigenvalue weighted by molar-refractivity contribution is -0.171. The van der Waals surface area contributed by atoms with Crippen molar-refractivity contribution in [1.82, 2.24) is 0 Å². The molecule has 0 aromatic heterocycles. The van der Waals surface area contributed by atoms with Crippen molar-refractivity contribution < 1.29 is 24.2 Å². The number of carbonyl (C=O) groups is 3. The van der Waals surface area contributed by atoms with Crippen LogP contribution in [0.5, 0.6) is 0 Å². The molecule has 0 fully saturated rings. The van der Waals surface area contributed by atoms with E-state index in [4.69, 9.17) is 16.6 Å². The van der Waals surface area contributed by atoms with E-state index in [9.17, 15) is 14.4 Å². The van der Waals surface area contributed by atoms with Gasteiger partial charge in [-0.05, 0) is 19.4 Å². The molecule has 18 heavy (non-hydrogen) atoms. The Morgan fingerprint density at radius 2 is 1.61 bits per heavy atom. The zero-order chi connectivity index (χ0) is 14.0. The molecule has 0 aliphatic rings. The fourth-order valence-corrected chi connectivity index (χ4v) is 1.37. The van der Waals surface area contributed by atoms with Gasteiger partial charge in [-0.2, -0.15) is 0 Å². The zero-order valence-corrected chi connectivity index (χ0v) is 10.3. The van der Waals surface area contributed by atoms with Crippen LogP contribution in [-0.2, 0) is 19.1 Å². The summed E-state index contributed by atoms with van der Waals surface area (Å²) in [6.07, 6.45) is 5.02. The quantitative estimate of drug-likeness (QED) is 0.237. The summed E-state index contributed by atoms with van der Waals surface area (Å²) in [5, 5.41) is 8.23. The number of nitrogens with two attached hydrogens (primary N) is 2. The van der Waals surface area contributed by atoms with Gasteiger partial charge < -0.3 is 21.3 Å². The molecule has 0 saturated carbocycles. The molecule has 5 N–H and O–H groups in total. The molecule has 0 aliphatic heterocycles. The van der Waals surface area contributed by atoms with E-state index in [2.05, 4.69) is 4.74 Å². The number of carbonyl (C=O) groups excluding carboxylic acids is 2. The van der Waals surface area contributed by atoms with Crippen molar-refractivity contribution in [1.29, 1.82) is 0 Å². The number of carboxylic acids is 1. The normalized spacial score (nSPS) is 11.9. The molecule has 104 valence electrons. The number of esters is 2. The number of carboxylic acid groups (broad SMARTS) is 1. The SMILES string of the molecule is NCCCCCCCC(N)C(=O)OC(=O)C(=O)O. The monoisotopic (exact) mass is 260 g/mol. The fraction of sp³-hybridized carbons (Fsp3) is 0.727. The fourth-order valence-electron chi connectivity index (χ4n) is 1.37. The summed E-state index contributed by atoms with van der Waals surface area (Å²) in [5.74, 6) is -4.40. The lowest BCUT2D eigenvalue weighted by Gasteiger charge is -2.08. The summed E-state index contributed by atoms with van der Waals surface area (Å²) < 4.78 is 4.05. The number of hydrogen-bond acceptors (Lipinski definition) is 6. The highest BCUT2D eigenvalue weighted by Crippen LogP contribution is 2.07. The van der Waals surface area contributed by atoms with Crippen molar-refractivity contribution in [3.05, 3.63) is 0 Å². The van der Waals surface area contributed by atoms with Crippen LogP contribution in [0, 0.1) is 0 Å². The molecule has 0 amide bonds. The first-order chi connectivity index (χ1) is 8.49. The third-order valence-electron chi connectivity index (χ3n) is 2.39. The van der Waals surface area contributed by atoms with E-state index in [0.29, 0.717) is 13.0 Å². The van der Waals surface area contributed by atoms with Crippen LogP contribution in [0.1, 0.15) is 38.5 Å². The smallest absolute Gasteiger partial charge is 0.424 e. The summed E-state index contributed by atoms with van der Waals surface area (Å²) in [6.45, 7) is 0.670.